The minimum atomic E-state index is -0.375. The van der Waals surface area contributed by atoms with Gasteiger partial charge in [0, 0.05) is 152 Å². The number of hydrogen-bond donors (Lipinski definition) is 6. The van der Waals surface area contributed by atoms with E-state index in [0.29, 0.717) is 53.2 Å². The maximum atomic E-state index is 13.3. The molecule has 6 N–H and O–H groups in total. The molecule has 19 rings (SSSR count). The van der Waals surface area contributed by atoms with Crippen molar-refractivity contribution in [3.63, 3.8) is 0 Å². The van der Waals surface area contributed by atoms with Gasteiger partial charge in [0.1, 0.15) is 11.6 Å². The van der Waals surface area contributed by atoms with Gasteiger partial charge in [0.2, 0.25) is 0 Å². The van der Waals surface area contributed by atoms with Crippen LogP contribution < -0.4 is 0 Å². The SMILES string of the molecule is CC(C)c1nc2ccccc2nc1-c1[c-]cc(F)cc1.CC(O)CC(C)O.CC(O)CC(C)O.CC(O)CC(C)O.Fc1c[c-]c(-c2nc3c(nc2-c2ccc(F)cc2)CCCC3)cc1.Fc1c[c-]c(-c2nc3ccccc3nc2-c2ccc(F)cc2)cc1.[Ir].[Ir].[Ir].[Ir].[Ir].[c-]1ccccc1-c1nc2c(nc1-c1ccccc1)CCCC2.[c-]1ccccc1-c1nc2ccccc2nc1-c1ccccc1. The summed E-state index contributed by atoms with van der Waals surface area (Å²) in [6.45, 7) is 14.1. The minimum absolute atomic E-state index is 0. The third-order valence-electron chi connectivity index (χ3n) is 20.9. The number of aliphatic hydroxyl groups is 6. The van der Waals surface area contributed by atoms with Crippen LogP contribution in [0.3, 0.4) is 0 Å². The maximum Gasteiger partial charge on any atom is 0.123 e. The number of benzene rings is 12. The summed E-state index contributed by atoms with van der Waals surface area (Å²) < 4.78 is 66.0. The van der Waals surface area contributed by atoms with Crippen LogP contribution >= 0.6 is 0 Å². The smallest absolute Gasteiger partial charge is 0.123 e. The van der Waals surface area contributed by atoms with Gasteiger partial charge in [-0.3, -0.25) is 63.0 Å². The van der Waals surface area contributed by atoms with Gasteiger partial charge in [-0.2, -0.15) is 0 Å². The Labute approximate surface area is 871 Å². The molecule has 0 aliphatic heterocycles. The van der Waals surface area contributed by atoms with Gasteiger partial charge in [-0.1, -0.05) is 135 Å². The Morgan fingerprint density at radius 3 is 0.717 bits per heavy atom. The second-order valence-corrected chi connectivity index (χ2v) is 32.8. The molecule has 26 heteroatoms. The normalized spacial score (nSPS) is 12.6. The summed E-state index contributed by atoms with van der Waals surface area (Å²) in [5.74, 6) is -1.38. The predicted octanol–water partition coefficient (Wildman–Crippen LogP) is 23.8. The maximum absolute atomic E-state index is 13.3. The second-order valence-electron chi connectivity index (χ2n) is 32.8. The Balaban J connectivity index is 0.000000221. The molecule has 16 nitrogen and oxygen atoms in total. The van der Waals surface area contributed by atoms with E-state index < -0.39 is 0 Å². The van der Waals surface area contributed by atoms with Crippen molar-refractivity contribution in [3.8, 4) is 101 Å². The van der Waals surface area contributed by atoms with Gasteiger partial charge in [0.25, 0.3) is 0 Å². The molecule has 0 saturated heterocycles. The molecular weight excluding hydrogens is 2640 g/mol. The number of nitrogens with zero attached hydrogens (tertiary/aromatic N) is 10. The fraction of sp³-hybridized carbons (Fsp3) is 0.232. The zero-order valence-electron chi connectivity index (χ0n) is 77.2. The number of fused-ring (bicyclic) bond motifs is 5. The fourth-order valence-corrected chi connectivity index (χ4v) is 14.8. The summed E-state index contributed by atoms with van der Waals surface area (Å²) in [4.78, 5) is 47.9. The number of aryl methyl sites for hydroxylation is 4. The van der Waals surface area contributed by atoms with Gasteiger partial charge in [-0.25, -0.2) is 8.78 Å². The number of rotatable bonds is 16. The van der Waals surface area contributed by atoms with E-state index in [1.165, 1.54) is 79.2 Å². The topological polar surface area (TPSA) is 250 Å². The number of aliphatic hydroxyl groups excluding tert-OH is 6. The van der Waals surface area contributed by atoms with E-state index in [0.717, 1.165) is 162 Å². The summed E-state index contributed by atoms with van der Waals surface area (Å²) >= 11 is 0. The molecule has 0 saturated carbocycles. The summed E-state index contributed by atoms with van der Waals surface area (Å²) in [7, 11) is 0. The van der Waals surface area contributed by atoms with Crippen LogP contribution in [0.2, 0.25) is 0 Å². The van der Waals surface area contributed by atoms with E-state index >= 15 is 0 Å². The van der Waals surface area contributed by atoms with Crippen molar-refractivity contribution >= 4 is 33.1 Å². The summed E-state index contributed by atoms with van der Waals surface area (Å²) in [5.41, 5.74) is 25.0. The molecule has 6 atom stereocenters. The van der Waals surface area contributed by atoms with Gasteiger partial charge in [-0.15, -0.1) is 161 Å². The van der Waals surface area contributed by atoms with Crippen LogP contribution in [0.5, 0.6) is 0 Å². The molecule has 2 aliphatic rings. The van der Waals surface area contributed by atoms with Crippen molar-refractivity contribution < 1.29 is 153 Å². The van der Waals surface area contributed by atoms with Crippen molar-refractivity contribution in [3.05, 3.63) is 373 Å². The van der Waals surface area contributed by atoms with E-state index in [-0.39, 0.29) is 172 Å². The van der Waals surface area contributed by atoms with Crippen molar-refractivity contribution in [2.24, 2.45) is 0 Å². The number of halogens is 5. The summed E-state index contributed by atoms with van der Waals surface area (Å²) in [6.07, 6.45) is 7.69. The Morgan fingerprint density at radius 1 is 0.232 bits per heavy atom. The van der Waals surface area contributed by atoms with E-state index in [9.17, 15) is 22.0 Å². The molecule has 0 spiro atoms. The third-order valence-corrected chi connectivity index (χ3v) is 20.9. The van der Waals surface area contributed by atoms with Gasteiger partial charge in [0.05, 0.1) is 115 Å². The monoisotopic (exact) mass is 2750 g/mol. The van der Waals surface area contributed by atoms with E-state index in [1.54, 1.807) is 84.0 Å². The quantitative estimate of drug-likeness (QED) is 0.0389. The van der Waals surface area contributed by atoms with Crippen LogP contribution in [0.25, 0.3) is 134 Å². The summed E-state index contributed by atoms with van der Waals surface area (Å²) in [5, 5.41) is 51.4. The van der Waals surface area contributed by atoms with E-state index in [4.69, 9.17) is 65.5 Å². The van der Waals surface area contributed by atoms with Crippen molar-refractivity contribution in [1.82, 2.24) is 49.8 Å². The molecule has 5 heterocycles. The largest absolute Gasteiger partial charge is 0.393 e. The predicted molar refractivity (Wildman–Crippen MR) is 517 cm³/mol. The molecule has 5 radical (unpaired) electrons. The first kappa shape index (κ1) is 114. The van der Waals surface area contributed by atoms with E-state index in [2.05, 4.69) is 102 Å². The molecule has 0 fully saturated rings. The average molecular weight is 2740 g/mol. The van der Waals surface area contributed by atoms with Crippen molar-refractivity contribution in [1.29, 1.82) is 0 Å². The van der Waals surface area contributed by atoms with Crippen LogP contribution in [-0.2, 0) is 126 Å². The third kappa shape index (κ3) is 34.2. The molecule has 17 aromatic rings. The molecule has 138 heavy (non-hydrogen) atoms. The standard InChI is InChI=1S/C20H15F2N2.C20H11F2N2.C20H17N2.C20H13N2.C17H14FN2.3C5H12O2.5Ir/c2*21-15-9-5-13(6-10-15)19-20(14-7-11-16(22)12-8-14)24-18-4-2-1-3-17(18)23-19;2*1-3-9-15(10-4-1)19-20(16-11-5-2-6-12-16)22-18-14-8-7-13-17(18)21-19;1-11(2)16-17(12-7-9-13(18)10-8-12)20-15-6-4-3-5-14(15)19-16;3*1-4(6)3-5(2)7;;;;;/h5-7,9-12H,1-4H2;1-7,9-12H;1-6,9-11H,7-8,13-14H2;1-11,13-14H;3-7,9-11H,1-2H3;3*4-7H,3H2,1-2H3;;;;;/q5*-1;;;;;;;;. The first-order valence-corrected chi connectivity index (χ1v) is 44.6. The summed E-state index contributed by atoms with van der Waals surface area (Å²) in [6, 6.07) is 100. The van der Waals surface area contributed by atoms with Gasteiger partial charge in [0.15, 0.2) is 0 Å². The Hall–Kier alpha value is -10.5. The van der Waals surface area contributed by atoms with Crippen LogP contribution in [0.1, 0.15) is 135 Å². The second kappa shape index (κ2) is 57.9. The molecule has 6 unspecified atom stereocenters. The minimum Gasteiger partial charge on any atom is -0.393 e. The van der Waals surface area contributed by atoms with Gasteiger partial charge >= 0.3 is 0 Å². The first-order valence-electron chi connectivity index (χ1n) is 44.6. The molecule has 2 aliphatic carbocycles. The van der Waals surface area contributed by atoms with Crippen LogP contribution in [0, 0.1) is 59.4 Å². The van der Waals surface area contributed by atoms with Crippen molar-refractivity contribution in [2.75, 3.05) is 0 Å². The Kier molecular flexibility index (Phi) is 48.0. The molecule has 725 valence electrons. The van der Waals surface area contributed by atoms with Gasteiger partial charge in [-0.05, 0) is 201 Å². The van der Waals surface area contributed by atoms with Crippen LogP contribution in [0.15, 0.2) is 285 Å². The zero-order chi connectivity index (χ0) is 94.3. The zero-order valence-corrected chi connectivity index (χ0v) is 89.1. The molecule has 0 bridgehead atoms. The molecule has 5 aromatic heterocycles. The fourth-order valence-electron chi connectivity index (χ4n) is 14.8. The Morgan fingerprint density at radius 2 is 0.457 bits per heavy atom. The average Bonchev–Trinajstić information content (AvgIpc) is 0.798. The van der Waals surface area contributed by atoms with Crippen LogP contribution in [-0.4, -0.2) is 117 Å². The molecule has 0 amide bonds. The molecular formula is C112H106F5Ir5N10O6-5. The van der Waals surface area contributed by atoms with Crippen molar-refractivity contribution in [2.45, 2.75) is 169 Å². The van der Waals surface area contributed by atoms with E-state index in [1.807, 2.05) is 140 Å². The first-order chi connectivity index (χ1) is 64.3. The number of hydrogen-bond acceptors (Lipinski definition) is 16. The number of aromatic nitrogens is 10. The van der Waals surface area contributed by atoms with Crippen LogP contribution in [0.4, 0.5) is 22.0 Å². The Bertz CT molecular complexity index is 6190. The number of para-hydroxylation sites is 6. The van der Waals surface area contributed by atoms with Gasteiger partial charge < -0.3 is 30.6 Å². The molecule has 12 aromatic carbocycles.